The molecule has 1 aliphatic rings. The summed E-state index contributed by atoms with van der Waals surface area (Å²) in [7, 11) is 0. The molecule has 1 aromatic carbocycles. The van der Waals surface area contributed by atoms with Crippen LogP contribution in [0.1, 0.15) is 12.5 Å². The van der Waals surface area contributed by atoms with Crippen LogP contribution >= 0.6 is 0 Å². The molecule has 4 heteroatoms. The van der Waals surface area contributed by atoms with Crippen LogP contribution in [0.15, 0.2) is 30.3 Å². The number of hydrogen-bond donors (Lipinski definition) is 1. The van der Waals surface area contributed by atoms with E-state index >= 15 is 0 Å². The van der Waals surface area contributed by atoms with Gasteiger partial charge >= 0.3 is 5.97 Å². The van der Waals surface area contributed by atoms with Crippen molar-refractivity contribution >= 4 is 5.97 Å². The van der Waals surface area contributed by atoms with E-state index in [1.54, 1.807) is 6.92 Å². The zero-order valence-corrected chi connectivity index (χ0v) is 9.93. The summed E-state index contributed by atoms with van der Waals surface area (Å²) in [6.45, 7) is 4.25. The summed E-state index contributed by atoms with van der Waals surface area (Å²) in [5.41, 5.74) is -0.153. The van der Waals surface area contributed by atoms with Gasteiger partial charge < -0.3 is 9.84 Å². The summed E-state index contributed by atoms with van der Waals surface area (Å²) in [5.74, 6) is -0.814. The summed E-state index contributed by atoms with van der Waals surface area (Å²) >= 11 is 0. The van der Waals surface area contributed by atoms with E-state index in [1.165, 1.54) is 0 Å². The Hall–Kier alpha value is -1.39. The first-order chi connectivity index (χ1) is 8.15. The van der Waals surface area contributed by atoms with Gasteiger partial charge in [0, 0.05) is 13.1 Å². The second kappa shape index (κ2) is 4.85. The summed E-state index contributed by atoms with van der Waals surface area (Å²) in [4.78, 5) is 13.6. The van der Waals surface area contributed by atoms with Gasteiger partial charge in [0.1, 0.15) is 5.54 Å². The minimum Gasteiger partial charge on any atom is -0.480 e. The maximum Gasteiger partial charge on any atom is 0.328 e. The molecular formula is C13H17NO3. The van der Waals surface area contributed by atoms with E-state index in [0.717, 1.165) is 5.56 Å². The molecule has 2 rings (SSSR count). The molecule has 0 radical (unpaired) electrons. The number of rotatable bonds is 3. The van der Waals surface area contributed by atoms with Crippen molar-refractivity contribution in [1.82, 2.24) is 4.90 Å². The zero-order chi connectivity index (χ0) is 12.3. The highest BCUT2D eigenvalue weighted by Crippen LogP contribution is 2.29. The van der Waals surface area contributed by atoms with Crippen LogP contribution in [0, 0.1) is 0 Å². The van der Waals surface area contributed by atoms with Gasteiger partial charge in [0.2, 0.25) is 0 Å². The number of carboxylic acid groups (broad SMARTS) is 1. The Labute approximate surface area is 101 Å². The smallest absolute Gasteiger partial charge is 0.328 e. The number of benzene rings is 1. The van der Waals surface area contributed by atoms with Crippen LogP contribution in [-0.4, -0.2) is 42.3 Å². The lowest BCUT2D eigenvalue weighted by Gasteiger charge is -2.40. The van der Waals surface area contributed by atoms with Gasteiger partial charge in [-0.15, -0.1) is 0 Å². The van der Waals surface area contributed by atoms with E-state index in [-0.39, 0.29) is 0 Å². The van der Waals surface area contributed by atoms with Crippen LogP contribution in [0.5, 0.6) is 0 Å². The van der Waals surface area contributed by atoms with Crippen molar-refractivity contribution in [3.63, 3.8) is 0 Å². The topological polar surface area (TPSA) is 49.8 Å². The van der Waals surface area contributed by atoms with Crippen LogP contribution < -0.4 is 0 Å². The fourth-order valence-corrected chi connectivity index (χ4v) is 2.21. The fraction of sp³-hybridized carbons (Fsp3) is 0.462. The molecule has 1 unspecified atom stereocenters. The average molecular weight is 235 g/mol. The van der Waals surface area contributed by atoms with Gasteiger partial charge in [0.25, 0.3) is 0 Å². The Morgan fingerprint density at radius 2 is 1.88 bits per heavy atom. The molecule has 1 heterocycles. The molecule has 1 fully saturated rings. The Bertz CT molecular complexity index is 387. The maximum absolute atomic E-state index is 11.6. The molecule has 17 heavy (non-hydrogen) atoms. The molecule has 0 saturated carbocycles. The van der Waals surface area contributed by atoms with Crippen LogP contribution in [-0.2, 0) is 15.1 Å². The third-order valence-electron chi connectivity index (χ3n) is 3.40. The summed E-state index contributed by atoms with van der Waals surface area (Å²) in [5, 5.41) is 9.56. The maximum atomic E-state index is 11.6. The third kappa shape index (κ3) is 2.18. The number of morpholine rings is 1. The molecular weight excluding hydrogens is 218 g/mol. The minimum absolute atomic E-state index is 0.593. The molecule has 0 bridgehead atoms. The van der Waals surface area contributed by atoms with Crippen molar-refractivity contribution < 1.29 is 14.6 Å². The van der Waals surface area contributed by atoms with E-state index in [1.807, 2.05) is 35.2 Å². The third-order valence-corrected chi connectivity index (χ3v) is 3.40. The quantitative estimate of drug-likeness (QED) is 0.858. The van der Waals surface area contributed by atoms with Crippen molar-refractivity contribution in [2.45, 2.75) is 12.5 Å². The number of nitrogens with zero attached hydrogens (tertiary/aromatic N) is 1. The number of hydrogen-bond acceptors (Lipinski definition) is 3. The molecule has 1 N–H and O–H groups in total. The lowest BCUT2D eigenvalue weighted by atomic mass is 9.89. The fourth-order valence-electron chi connectivity index (χ4n) is 2.21. The first-order valence-electron chi connectivity index (χ1n) is 5.77. The van der Waals surface area contributed by atoms with E-state index in [4.69, 9.17) is 4.74 Å². The largest absolute Gasteiger partial charge is 0.480 e. The number of carboxylic acids is 1. The number of ether oxygens (including phenoxy) is 1. The van der Waals surface area contributed by atoms with E-state index in [9.17, 15) is 9.90 Å². The van der Waals surface area contributed by atoms with E-state index in [0.29, 0.717) is 26.3 Å². The van der Waals surface area contributed by atoms with E-state index in [2.05, 4.69) is 0 Å². The first-order valence-corrected chi connectivity index (χ1v) is 5.77. The van der Waals surface area contributed by atoms with Crippen LogP contribution in [0.4, 0.5) is 0 Å². The summed E-state index contributed by atoms with van der Waals surface area (Å²) in [6.07, 6.45) is 0. The highest BCUT2D eigenvalue weighted by atomic mass is 16.5. The van der Waals surface area contributed by atoms with Gasteiger partial charge in [-0.1, -0.05) is 30.3 Å². The second-order valence-electron chi connectivity index (χ2n) is 4.34. The van der Waals surface area contributed by atoms with Crippen molar-refractivity contribution in [2.75, 3.05) is 26.3 Å². The molecule has 1 aromatic rings. The molecule has 0 aromatic heterocycles. The SMILES string of the molecule is CC(C(=O)O)(c1ccccc1)N1CCOCC1. The van der Waals surface area contributed by atoms with Crippen molar-refractivity contribution in [3.05, 3.63) is 35.9 Å². The summed E-state index contributed by atoms with van der Waals surface area (Å²) < 4.78 is 5.28. The van der Waals surface area contributed by atoms with Crippen LogP contribution in [0.3, 0.4) is 0 Å². The molecule has 0 amide bonds. The molecule has 1 aliphatic heterocycles. The van der Waals surface area contributed by atoms with Gasteiger partial charge in [-0.2, -0.15) is 0 Å². The van der Waals surface area contributed by atoms with Crippen molar-refractivity contribution in [2.24, 2.45) is 0 Å². The number of carbonyl (C=O) groups is 1. The van der Waals surface area contributed by atoms with Gasteiger partial charge in [0.05, 0.1) is 13.2 Å². The van der Waals surface area contributed by atoms with Gasteiger partial charge in [0.15, 0.2) is 0 Å². The van der Waals surface area contributed by atoms with Gasteiger partial charge in [-0.05, 0) is 12.5 Å². The highest BCUT2D eigenvalue weighted by molar-refractivity contribution is 5.80. The highest BCUT2D eigenvalue weighted by Gasteiger charge is 2.41. The van der Waals surface area contributed by atoms with E-state index < -0.39 is 11.5 Å². The Morgan fingerprint density at radius 1 is 1.29 bits per heavy atom. The first kappa shape index (κ1) is 12.1. The Kier molecular flexibility index (Phi) is 3.45. The predicted octanol–water partition coefficient (Wildman–Crippen LogP) is 1.32. The van der Waals surface area contributed by atoms with Gasteiger partial charge in [-0.3, -0.25) is 4.90 Å². The van der Waals surface area contributed by atoms with Gasteiger partial charge in [-0.25, -0.2) is 4.79 Å². The number of aliphatic carboxylic acids is 1. The normalized spacial score (nSPS) is 20.8. The predicted molar refractivity (Wildman–Crippen MR) is 63.8 cm³/mol. The molecule has 0 aliphatic carbocycles. The average Bonchev–Trinajstić information content (AvgIpc) is 2.39. The minimum atomic E-state index is -0.967. The Balaban J connectivity index is 2.35. The van der Waals surface area contributed by atoms with Crippen LogP contribution in [0.25, 0.3) is 0 Å². The second-order valence-corrected chi connectivity index (χ2v) is 4.34. The molecule has 1 atom stereocenters. The monoisotopic (exact) mass is 235 g/mol. The lowest BCUT2D eigenvalue weighted by molar-refractivity contribution is -0.154. The molecule has 92 valence electrons. The lowest BCUT2D eigenvalue weighted by Crippen LogP contribution is -2.54. The summed E-state index contributed by atoms with van der Waals surface area (Å²) in [6, 6.07) is 9.37. The molecule has 4 nitrogen and oxygen atoms in total. The van der Waals surface area contributed by atoms with Crippen molar-refractivity contribution in [3.8, 4) is 0 Å². The Morgan fingerprint density at radius 3 is 2.41 bits per heavy atom. The molecule has 1 saturated heterocycles. The molecule has 0 spiro atoms. The zero-order valence-electron chi connectivity index (χ0n) is 9.93. The standard InChI is InChI=1S/C13H17NO3/c1-13(12(15)16,11-5-3-2-4-6-11)14-7-9-17-10-8-14/h2-6H,7-10H2,1H3,(H,15,16). The van der Waals surface area contributed by atoms with Crippen molar-refractivity contribution in [1.29, 1.82) is 0 Å². The van der Waals surface area contributed by atoms with Crippen LogP contribution in [0.2, 0.25) is 0 Å².